The maximum atomic E-state index is 8.38. The van der Waals surface area contributed by atoms with E-state index in [1.54, 1.807) is 6.08 Å². The van der Waals surface area contributed by atoms with Crippen molar-refractivity contribution < 1.29 is 4.42 Å². The highest BCUT2D eigenvalue weighted by Crippen LogP contribution is 2.53. The molecule has 7 aromatic carbocycles. The van der Waals surface area contributed by atoms with E-state index in [1.807, 2.05) is 57.2 Å². The fourth-order valence-electron chi connectivity index (χ4n) is 7.80. The molecule has 0 spiro atoms. The monoisotopic (exact) mass is 743 g/mol. The number of benzene rings is 7. The molecule has 1 aliphatic carbocycles. The molecule has 9 rings (SSSR count). The summed E-state index contributed by atoms with van der Waals surface area (Å²) in [6, 6.07) is 49.6. The van der Waals surface area contributed by atoms with Gasteiger partial charge in [-0.2, -0.15) is 5.26 Å². The predicted molar refractivity (Wildman–Crippen MR) is 247 cm³/mol. The lowest BCUT2D eigenvalue weighted by Crippen LogP contribution is -2.15. The van der Waals surface area contributed by atoms with Gasteiger partial charge in [-0.05, 0) is 123 Å². The second-order valence-corrected chi connectivity index (χ2v) is 15.3. The van der Waals surface area contributed by atoms with E-state index >= 15 is 0 Å². The molecule has 0 N–H and O–H groups in total. The average Bonchev–Trinajstić information content (AvgIpc) is 3.72. The Morgan fingerprint density at radius 1 is 0.632 bits per heavy atom. The number of hydrogen-bond donors (Lipinski definition) is 0. The van der Waals surface area contributed by atoms with Crippen LogP contribution in [0.15, 0.2) is 151 Å². The normalized spacial score (nSPS) is 11.9. The highest BCUT2D eigenvalue weighted by Gasteiger charge is 2.37. The van der Waals surface area contributed by atoms with Crippen LogP contribution in [-0.4, -0.2) is 0 Å². The minimum Gasteiger partial charge on any atom is -0.456 e. The smallest absolute Gasteiger partial charge is 0.135 e. The molecule has 0 radical (unpaired) electrons. The Balaban J connectivity index is 0.000000170. The summed E-state index contributed by atoms with van der Waals surface area (Å²) in [5.74, 6) is 1.31. The molecule has 0 saturated heterocycles. The summed E-state index contributed by atoms with van der Waals surface area (Å²) >= 11 is 0. The molecular weight excluding hydrogens is 691 g/mol. The van der Waals surface area contributed by atoms with Crippen LogP contribution in [0.1, 0.15) is 92.2 Å². The van der Waals surface area contributed by atoms with Crippen LogP contribution in [-0.2, 0) is 5.41 Å². The van der Waals surface area contributed by atoms with Crippen molar-refractivity contribution in [3.05, 3.63) is 191 Å². The van der Waals surface area contributed by atoms with Gasteiger partial charge in [0, 0.05) is 16.4 Å². The van der Waals surface area contributed by atoms with Crippen molar-refractivity contribution in [2.45, 2.75) is 66.7 Å². The van der Waals surface area contributed by atoms with Crippen LogP contribution >= 0.6 is 0 Å². The molecule has 57 heavy (non-hydrogen) atoms. The van der Waals surface area contributed by atoms with Crippen LogP contribution < -0.4 is 0 Å². The summed E-state index contributed by atoms with van der Waals surface area (Å²) in [4.78, 5) is 0. The number of hydrogen-bond acceptors (Lipinski definition) is 2. The fraction of sp³-hybridized carbons (Fsp3) is 0.182. The van der Waals surface area contributed by atoms with Crippen LogP contribution in [0.4, 0.5) is 0 Å². The number of rotatable bonds is 4. The molecular formula is C55H53NO. The maximum Gasteiger partial charge on any atom is 0.135 e. The van der Waals surface area contributed by atoms with Crippen LogP contribution in [0.3, 0.4) is 0 Å². The SMILES string of the molecule is C=Cc1oc2ccc(C(C)C)cc2c1C=C.CC.Cc1ccc(C#N)cc1.Cc1ccc2c(c1)C(C)(C)c1cc(-c3ccc4ccccc4c3)c3ccccc3c1-2. The first-order valence-corrected chi connectivity index (χ1v) is 20.0. The third kappa shape index (κ3) is 7.98. The van der Waals surface area contributed by atoms with Crippen molar-refractivity contribution in [2.75, 3.05) is 0 Å². The third-order valence-electron chi connectivity index (χ3n) is 10.9. The Labute approximate surface area is 339 Å². The van der Waals surface area contributed by atoms with E-state index in [2.05, 4.69) is 157 Å². The molecule has 1 aliphatic rings. The fourth-order valence-corrected chi connectivity index (χ4v) is 7.80. The van der Waals surface area contributed by atoms with Gasteiger partial charge in [0.2, 0.25) is 0 Å². The maximum absolute atomic E-state index is 8.38. The zero-order valence-electron chi connectivity index (χ0n) is 34.7. The van der Waals surface area contributed by atoms with Gasteiger partial charge in [0.15, 0.2) is 0 Å². The number of fused-ring (bicyclic) bond motifs is 7. The van der Waals surface area contributed by atoms with Gasteiger partial charge in [0.1, 0.15) is 11.3 Å². The van der Waals surface area contributed by atoms with E-state index in [-0.39, 0.29) is 5.41 Å². The van der Waals surface area contributed by atoms with Crippen molar-refractivity contribution in [1.29, 1.82) is 5.26 Å². The first-order chi connectivity index (χ1) is 27.5. The van der Waals surface area contributed by atoms with Crippen molar-refractivity contribution >= 4 is 44.7 Å². The molecule has 1 heterocycles. The van der Waals surface area contributed by atoms with E-state index < -0.39 is 0 Å². The lowest BCUT2D eigenvalue weighted by atomic mass is 9.80. The van der Waals surface area contributed by atoms with Gasteiger partial charge in [-0.25, -0.2) is 0 Å². The molecule has 2 nitrogen and oxygen atoms in total. The molecule has 284 valence electrons. The van der Waals surface area contributed by atoms with Crippen molar-refractivity contribution in [1.82, 2.24) is 0 Å². The molecule has 2 heteroatoms. The first kappa shape index (κ1) is 40.2. The minimum atomic E-state index is -0.00762. The largest absolute Gasteiger partial charge is 0.456 e. The second kappa shape index (κ2) is 17.2. The highest BCUT2D eigenvalue weighted by atomic mass is 16.3. The van der Waals surface area contributed by atoms with Crippen molar-refractivity contribution in [3.8, 4) is 28.3 Å². The second-order valence-electron chi connectivity index (χ2n) is 15.3. The Morgan fingerprint density at radius 2 is 1.30 bits per heavy atom. The molecule has 0 aliphatic heterocycles. The van der Waals surface area contributed by atoms with Gasteiger partial charge in [-0.1, -0.05) is 169 Å². The standard InChI is InChI=1S/C30H24.C15H16O.C8H7N.C2H6/c1-19-12-15-25-27(16-19)30(2,3)28-18-26(23-10-6-7-11-24(23)29(25)28)22-14-13-20-8-4-5-9-21(20)17-22;1-5-12-13-9-11(10(3)4)7-8-15(13)16-14(12)6-2;1-7-2-4-8(6-9)5-3-7;1-2/h4-18H,1-3H3;5-10H,1-2H2,3-4H3;2-5H,1H3;1-2H3. The summed E-state index contributed by atoms with van der Waals surface area (Å²) in [5, 5.41) is 14.8. The van der Waals surface area contributed by atoms with Gasteiger partial charge in [-0.3, -0.25) is 0 Å². The van der Waals surface area contributed by atoms with E-state index in [4.69, 9.17) is 9.68 Å². The van der Waals surface area contributed by atoms with Crippen LogP contribution in [0.25, 0.3) is 66.9 Å². The molecule has 0 saturated carbocycles. The molecule has 1 aromatic heterocycles. The van der Waals surface area contributed by atoms with E-state index in [0.29, 0.717) is 5.92 Å². The molecule has 0 unspecified atom stereocenters. The van der Waals surface area contributed by atoms with Gasteiger partial charge >= 0.3 is 0 Å². The first-order valence-electron chi connectivity index (χ1n) is 20.0. The summed E-state index contributed by atoms with van der Waals surface area (Å²) in [5.41, 5.74) is 14.8. The third-order valence-corrected chi connectivity index (χ3v) is 10.9. The van der Waals surface area contributed by atoms with Gasteiger partial charge in [-0.15, -0.1) is 0 Å². The summed E-state index contributed by atoms with van der Waals surface area (Å²) < 4.78 is 5.68. The zero-order chi connectivity index (χ0) is 40.9. The van der Waals surface area contributed by atoms with Gasteiger partial charge in [0.05, 0.1) is 11.6 Å². The van der Waals surface area contributed by atoms with E-state index in [9.17, 15) is 0 Å². The lowest BCUT2D eigenvalue weighted by molar-refractivity contribution is 0.603. The van der Waals surface area contributed by atoms with Crippen LogP contribution in [0.2, 0.25) is 0 Å². The lowest BCUT2D eigenvalue weighted by Gasteiger charge is -2.23. The molecule has 0 bridgehead atoms. The van der Waals surface area contributed by atoms with E-state index in [1.165, 1.54) is 71.6 Å². The number of nitrogens with zero attached hydrogens (tertiary/aromatic N) is 1. The number of nitriles is 1. The number of aryl methyl sites for hydroxylation is 2. The zero-order valence-corrected chi connectivity index (χ0v) is 34.7. The molecule has 8 aromatic rings. The summed E-state index contributed by atoms with van der Waals surface area (Å²) in [6.45, 7) is 24.9. The average molecular weight is 744 g/mol. The Bertz CT molecular complexity index is 2770. The van der Waals surface area contributed by atoms with Crippen LogP contribution in [0, 0.1) is 25.2 Å². The summed E-state index contributed by atoms with van der Waals surface area (Å²) in [6.07, 6.45) is 3.55. The van der Waals surface area contributed by atoms with Crippen molar-refractivity contribution in [3.63, 3.8) is 0 Å². The number of furan rings is 1. The highest BCUT2D eigenvalue weighted by molar-refractivity contribution is 6.09. The van der Waals surface area contributed by atoms with Crippen LogP contribution in [0.5, 0.6) is 0 Å². The summed E-state index contributed by atoms with van der Waals surface area (Å²) in [7, 11) is 0. The Morgan fingerprint density at radius 3 is 1.96 bits per heavy atom. The Hall–Kier alpha value is -6.43. The van der Waals surface area contributed by atoms with Crippen molar-refractivity contribution in [2.24, 2.45) is 0 Å². The topological polar surface area (TPSA) is 36.9 Å². The molecule has 0 amide bonds. The Kier molecular flexibility index (Phi) is 12.1. The molecule has 0 fully saturated rings. The van der Waals surface area contributed by atoms with Gasteiger partial charge < -0.3 is 4.42 Å². The van der Waals surface area contributed by atoms with E-state index in [0.717, 1.165) is 27.9 Å². The minimum absolute atomic E-state index is 0.00762. The quantitative estimate of drug-likeness (QED) is 0.180. The van der Waals surface area contributed by atoms with Gasteiger partial charge in [0.25, 0.3) is 0 Å². The predicted octanol–water partition coefficient (Wildman–Crippen LogP) is 16.0. The molecule has 0 atom stereocenters.